The third-order valence-electron chi connectivity index (χ3n) is 14.0. The van der Waals surface area contributed by atoms with Crippen LogP contribution in [-0.2, 0) is 34.3 Å². The maximum atomic E-state index is 14.4. The fourth-order valence-corrected chi connectivity index (χ4v) is 10.7. The van der Waals surface area contributed by atoms with Crippen LogP contribution in [0.15, 0.2) is 102 Å². The molecule has 8 unspecified atom stereocenters. The van der Waals surface area contributed by atoms with Gasteiger partial charge in [-0.2, -0.15) is 0 Å². The molecule has 8 atom stereocenters. The van der Waals surface area contributed by atoms with Crippen LogP contribution in [0.4, 0.5) is 0 Å². The molecule has 3 saturated heterocycles. The number of amides is 2. The molecule has 310 valence electrons. The van der Waals surface area contributed by atoms with E-state index in [0.29, 0.717) is 53.9 Å². The highest BCUT2D eigenvalue weighted by Gasteiger charge is 2.57. The summed E-state index contributed by atoms with van der Waals surface area (Å²) in [5.41, 5.74) is 5.05. The van der Waals surface area contributed by atoms with Gasteiger partial charge in [-0.3, -0.25) is 9.59 Å². The summed E-state index contributed by atoms with van der Waals surface area (Å²) in [5, 5.41) is 12.0. The summed E-state index contributed by atoms with van der Waals surface area (Å²) >= 11 is 0. The summed E-state index contributed by atoms with van der Waals surface area (Å²) in [6.07, 6.45) is 8.70. The summed E-state index contributed by atoms with van der Waals surface area (Å²) in [7, 11) is 0. The molecule has 2 saturated carbocycles. The van der Waals surface area contributed by atoms with Crippen LogP contribution in [0.1, 0.15) is 99.2 Å². The summed E-state index contributed by atoms with van der Waals surface area (Å²) in [6, 6.07) is 26.3. The number of carbonyl (C=O) groups is 3. The molecule has 3 heterocycles. The Hall–Kier alpha value is -4.61. The summed E-state index contributed by atoms with van der Waals surface area (Å²) in [4.78, 5) is 43.4. The number of nitrogens with zero attached hydrogens (tertiary/aromatic N) is 1. The summed E-state index contributed by atoms with van der Waals surface area (Å²) in [5.74, 6) is -1.32. The maximum absolute atomic E-state index is 14.4. The molecular weight excluding hydrogens is 745 g/mol. The number of aliphatic hydroxyl groups is 1. The third kappa shape index (κ3) is 7.58. The Kier molecular flexibility index (Phi) is 10.6. The number of aliphatic hydroxyl groups excluding tert-OH is 1. The number of carbonyl (C=O) groups excluding carboxylic acids is 3. The SMILES string of the molecule is CC1(C)CC2C(=Cc3cccc(C(=O)OC4CC(C(=O)N5CCCC5C(=O)NCCO)=CC5OC(c6ccccc6)(c6ccccc6)OC54)c3)CCC3OC3(C)CCC21. The zero-order valence-electron chi connectivity index (χ0n) is 34.3. The van der Waals surface area contributed by atoms with Gasteiger partial charge in [0.05, 0.1) is 23.9 Å². The van der Waals surface area contributed by atoms with E-state index in [1.54, 1.807) is 17.0 Å². The quantitative estimate of drug-likeness (QED) is 0.173. The molecule has 59 heavy (non-hydrogen) atoms. The molecule has 5 fully saturated rings. The highest BCUT2D eigenvalue weighted by molar-refractivity contribution is 5.98. The van der Waals surface area contributed by atoms with Crippen molar-refractivity contribution < 1.29 is 38.4 Å². The largest absolute Gasteiger partial charge is 0.456 e. The van der Waals surface area contributed by atoms with Gasteiger partial charge in [0, 0.05) is 36.2 Å². The second-order valence-electron chi connectivity index (χ2n) is 18.3. The van der Waals surface area contributed by atoms with Gasteiger partial charge in [0.25, 0.3) is 0 Å². The summed E-state index contributed by atoms with van der Waals surface area (Å²) in [6.45, 7) is 7.38. The Morgan fingerprint density at radius 2 is 1.66 bits per heavy atom. The number of allylic oxidation sites excluding steroid dienone is 1. The lowest BCUT2D eigenvalue weighted by molar-refractivity contribution is -0.157. The van der Waals surface area contributed by atoms with Crippen molar-refractivity contribution in [3.05, 3.63) is 124 Å². The van der Waals surface area contributed by atoms with Crippen LogP contribution in [-0.4, -0.2) is 83.5 Å². The van der Waals surface area contributed by atoms with E-state index in [9.17, 15) is 19.5 Å². The number of rotatable bonds is 9. The van der Waals surface area contributed by atoms with E-state index in [4.69, 9.17) is 18.9 Å². The van der Waals surface area contributed by atoms with E-state index in [-0.39, 0.29) is 37.0 Å². The zero-order chi connectivity index (χ0) is 40.9. The predicted octanol–water partition coefficient (Wildman–Crippen LogP) is 7.10. The average Bonchev–Trinajstić information content (AvgIpc) is 3.54. The van der Waals surface area contributed by atoms with Crippen molar-refractivity contribution in [2.24, 2.45) is 17.3 Å². The normalized spacial score (nSPS) is 32.2. The highest BCUT2D eigenvalue weighted by Crippen LogP contribution is 2.60. The van der Waals surface area contributed by atoms with Crippen molar-refractivity contribution in [1.29, 1.82) is 0 Å². The van der Waals surface area contributed by atoms with Crippen LogP contribution in [0.25, 0.3) is 6.08 Å². The van der Waals surface area contributed by atoms with Crippen LogP contribution in [0.2, 0.25) is 0 Å². The molecule has 10 nitrogen and oxygen atoms in total. The zero-order valence-corrected chi connectivity index (χ0v) is 34.3. The van der Waals surface area contributed by atoms with Crippen LogP contribution >= 0.6 is 0 Å². The van der Waals surface area contributed by atoms with E-state index in [1.807, 2.05) is 78.9 Å². The lowest BCUT2D eigenvalue weighted by Gasteiger charge is -2.53. The standard InChI is InChI=1S/C49H56N2O8/c1-47(2)30-37-32(19-20-42-48(3,58-42)22-21-38(37)47)26-31-12-10-13-33(27-31)46(55)56-40-28-34(45(54)51-24-11-18-39(51)44(53)50-23-25-52)29-41-43(40)59-49(57-41,35-14-6-4-7-15-35)36-16-8-5-9-17-36/h4-10,12-17,26-27,29,37-43,52H,11,18-25,28,30H2,1-3H3,(H,50,53). The molecule has 3 aromatic rings. The number of epoxide rings is 1. The van der Waals surface area contributed by atoms with E-state index in [1.165, 1.54) is 5.57 Å². The monoisotopic (exact) mass is 800 g/mol. The van der Waals surface area contributed by atoms with Gasteiger partial charge in [0.2, 0.25) is 17.6 Å². The van der Waals surface area contributed by atoms with Gasteiger partial charge in [0.1, 0.15) is 24.4 Å². The van der Waals surface area contributed by atoms with Gasteiger partial charge in [-0.25, -0.2) is 4.79 Å². The van der Waals surface area contributed by atoms with Crippen LogP contribution in [0.3, 0.4) is 0 Å². The minimum atomic E-state index is -1.34. The number of esters is 1. The Balaban J connectivity index is 1.01. The highest BCUT2D eigenvalue weighted by atomic mass is 16.8. The molecule has 3 aromatic carbocycles. The van der Waals surface area contributed by atoms with Gasteiger partial charge >= 0.3 is 5.97 Å². The van der Waals surface area contributed by atoms with Gasteiger partial charge in [-0.05, 0) is 92.9 Å². The molecule has 0 aromatic heterocycles. The smallest absolute Gasteiger partial charge is 0.338 e. The minimum Gasteiger partial charge on any atom is -0.456 e. The van der Waals surface area contributed by atoms with E-state index >= 15 is 0 Å². The number of hydrogen-bond donors (Lipinski definition) is 2. The van der Waals surface area contributed by atoms with Crippen molar-refractivity contribution in [3.8, 4) is 0 Å². The Morgan fingerprint density at radius 1 is 0.915 bits per heavy atom. The molecule has 10 heteroatoms. The minimum absolute atomic E-state index is 0.00812. The number of nitrogens with one attached hydrogen (secondary N) is 1. The van der Waals surface area contributed by atoms with Crippen molar-refractivity contribution >= 4 is 23.9 Å². The Morgan fingerprint density at radius 3 is 2.37 bits per heavy atom. The molecule has 9 rings (SSSR count). The van der Waals surface area contributed by atoms with E-state index in [0.717, 1.165) is 48.8 Å². The molecule has 2 N–H and O–H groups in total. The first-order valence-electron chi connectivity index (χ1n) is 21.5. The van der Waals surface area contributed by atoms with Gasteiger partial charge in [-0.1, -0.05) is 98.3 Å². The second kappa shape index (κ2) is 15.8. The number of ether oxygens (including phenoxy) is 4. The number of fused-ring (bicyclic) bond motifs is 3. The fraction of sp³-hybridized carbons (Fsp3) is 0.490. The number of likely N-dealkylation sites (tertiary alicyclic amines) is 1. The molecule has 6 aliphatic rings. The molecule has 2 amide bonds. The first-order valence-corrected chi connectivity index (χ1v) is 21.5. The molecule has 3 aliphatic heterocycles. The molecule has 3 aliphatic carbocycles. The first kappa shape index (κ1) is 39.8. The number of hydrogen-bond acceptors (Lipinski definition) is 8. The van der Waals surface area contributed by atoms with E-state index < -0.39 is 36.1 Å². The van der Waals surface area contributed by atoms with Crippen molar-refractivity contribution in [2.75, 3.05) is 19.7 Å². The lowest BCUT2D eigenvalue weighted by atomic mass is 9.52. The predicted molar refractivity (Wildman–Crippen MR) is 222 cm³/mol. The Labute approximate surface area is 346 Å². The fourth-order valence-electron chi connectivity index (χ4n) is 10.7. The molecule has 0 spiro atoms. The van der Waals surface area contributed by atoms with Crippen molar-refractivity contribution in [1.82, 2.24) is 10.2 Å². The van der Waals surface area contributed by atoms with E-state index in [2.05, 4.69) is 32.2 Å². The lowest BCUT2D eigenvalue weighted by Crippen LogP contribution is -2.49. The van der Waals surface area contributed by atoms with Crippen LogP contribution < -0.4 is 5.32 Å². The second-order valence-corrected chi connectivity index (χ2v) is 18.3. The van der Waals surface area contributed by atoms with Crippen molar-refractivity contribution in [2.45, 2.75) is 114 Å². The average molecular weight is 801 g/mol. The first-order chi connectivity index (χ1) is 28.5. The van der Waals surface area contributed by atoms with Gasteiger partial charge < -0.3 is 34.3 Å². The van der Waals surface area contributed by atoms with Gasteiger partial charge in [0.15, 0.2) is 0 Å². The summed E-state index contributed by atoms with van der Waals surface area (Å²) < 4.78 is 26.5. The third-order valence-corrected chi connectivity index (χ3v) is 14.0. The topological polar surface area (TPSA) is 127 Å². The van der Waals surface area contributed by atoms with Crippen LogP contribution in [0.5, 0.6) is 0 Å². The molecular formula is C49H56N2O8. The Bertz CT molecular complexity index is 2090. The number of benzene rings is 3. The molecule has 0 bridgehead atoms. The van der Waals surface area contributed by atoms with Crippen molar-refractivity contribution in [3.63, 3.8) is 0 Å². The van der Waals surface area contributed by atoms with Crippen LogP contribution in [0, 0.1) is 17.3 Å². The molecule has 0 radical (unpaired) electrons. The maximum Gasteiger partial charge on any atom is 0.338 e. The van der Waals surface area contributed by atoms with Gasteiger partial charge in [-0.15, -0.1) is 0 Å².